The fourth-order valence-corrected chi connectivity index (χ4v) is 3.68. The number of aryl methyl sites for hydroxylation is 1. The van der Waals surface area contributed by atoms with Crippen molar-refractivity contribution >= 4 is 11.8 Å². The number of hydrogen-bond acceptors (Lipinski definition) is 3. The molecule has 2 amide bonds. The van der Waals surface area contributed by atoms with E-state index in [1.807, 2.05) is 24.0 Å². The van der Waals surface area contributed by atoms with Gasteiger partial charge in [0.2, 0.25) is 5.91 Å². The predicted octanol–water partition coefficient (Wildman–Crippen LogP) is 2.66. The molecule has 1 aliphatic carbocycles. The van der Waals surface area contributed by atoms with Crippen LogP contribution in [0.4, 0.5) is 0 Å². The number of carbonyl (C=O) groups is 2. The normalized spacial score (nSPS) is 19.0. The van der Waals surface area contributed by atoms with Crippen LogP contribution in [0, 0.1) is 12.8 Å². The van der Waals surface area contributed by atoms with Gasteiger partial charge in [-0.15, -0.1) is 0 Å². The highest BCUT2D eigenvalue weighted by molar-refractivity contribution is 5.95. The third kappa shape index (κ3) is 3.34. The van der Waals surface area contributed by atoms with Gasteiger partial charge in [-0.25, -0.2) is 0 Å². The van der Waals surface area contributed by atoms with Crippen LogP contribution in [0.5, 0.6) is 0 Å². The molecule has 2 aromatic rings. The van der Waals surface area contributed by atoms with Gasteiger partial charge in [-0.05, 0) is 43.0 Å². The van der Waals surface area contributed by atoms with Crippen LogP contribution in [-0.4, -0.2) is 34.8 Å². The summed E-state index contributed by atoms with van der Waals surface area (Å²) in [6.07, 6.45) is 3.71. The molecule has 0 bridgehead atoms. The van der Waals surface area contributed by atoms with Crippen LogP contribution in [0.3, 0.4) is 0 Å². The maximum Gasteiger partial charge on any atom is 0.253 e. The molecule has 1 fully saturated rings. The largest absolute Gasteiger partial charge is 0.351 e. The lowest BCUT2D eigenvalue weighted by Gasteiger charge is -2.35. The summed E-state index contributed by atoms with van der Waals surface area (Å²) >= 11 is 0. The standard InChI is InChI=1S/C21H23N3O2/c1-14-18(7-4-10-22-14)20(25)23-11-17-13-24(21(26)15-8-9-15)12-16-5-2-3-6-19(16)17/h2-7,10,15,17H,8-9,11-13H2,1H3,(H,23,25). The summed E-state index contributed by atoms with van der Waals surface area (Å²) in [7, 11) is 0. The van der Waals surface area contributed by atoms with Crippen molar-refractivity contribution < 1.29 is 9.59 Å². The predicted molar refractivity (Wildman–Crippen MR) is 98.6 cm³/mol. The van der Waals surface area contributed by atoms with E-state index in [1.54, 1.807) is 18.3 Å². The van der Waals surface area contributed by atoms with Gasteiger partial charge in [0, 0.05) is 43.4 Å². The van der Waals surface area contributed by atoms with E-state index in [4.69, 9.17) is 0 Å². The molecule has 5 heteroatoms. The quantitative estimate of drug-likeness (QED) is 0.923. The minimum Gasteiger partial charge on any atom is -0.351 e. The van der Waals surface area contributed by atoms with Crippen molar-refractivity contribution in [3.8, 4) is 0 Å². The molecule has 134 valence electrons. The first-order chi connectivity index (χ1) is 12.6. The number of carbonyl (C=O) groups excluding carboxylic acids is 2. The summed E-state index contributed by atoms with van der Waals surface area (Å²) in [4.78, 5) is 31.2. The Morgan fingerprint density at radius 2 is 2.00 bits per heavy atom. The molecule has 2 aliphatic rings. The molecule has 4 rings (SSSR count). The molecule has 1 aromatic carbocycles. The molecular weight excluding hydrogens is 326 g/mol. The Labute approximate surface area is 153 Å². The molecule has 1 aromatic heterocycles. The van der Waals surface area contributed by atoms with Crippen LogP contribution in [0.1, 0.15) is 45.9 Å². The number of nitrogens with zero attached hydrogens (tertiary/aromatic N) is 2. The third-order valence-electron chi connectivity index (χ3n) is 5.30. The zero-order chi connectivity index (χ0) is 18.1. The number of fused-ring (bicyclic) bond motifs is 1. The van der Waals surface area contributed by atoms with Gasteiger partial charge < -0.3 is 10.2 Å². The Morgan fingerprint density at radius 1 is 1.19 bits per heavy atom. The van der Waals surface area contributed by atoms with Gasteiger partial charge in [0.1, 0.15) is 0 Å². The van der Waals surface area contributed by atoms with Gasteiger partial charge in [-0.2, -0.15) is 0 Å². The first-order valence-corrected chi connectivity index (χ1v) is 9.20. The average Bonchev–Trinajstić information content (AvgIpc) is 3.50. The van der Waals surface area contributed by atoms with E-state index in [0.29, 0.717) is 25.2 Å². The number of hydrogen-bond donors (Lipinski definition) is 1. The zero-order valence-corrected chi connectivity index (χ0v) is 14.9. The molecular formula is C21H23N3O2. The van der Waals surface area contributed by atoms with E-state index in [9.17, 15) is 9.59 Å². The first kappa shape index (κ1) is 16.8. The van der Waals surface area contributed by atoms with Crippen LogP contribution in [0.25, 0.3) is 0 Å². The Kier molecular flexibility index (Phi) is 4.45. The van der Waals surface area contributed by atoms with Crippen molar-refractivity contribution in [3.05, 3.63) is 65.0 Å². The minimum atomic E-state index is -0.112. The van der Waals surface area contributed by atoms with Crippen molar-refractivity contribution in [2.45, 2.75) is 32.2 Å². The van der Waals surface area contributed by atoms with E-state index < -0.39 is 0 Å². The minimum absolute atomic E-state index is 0.112. The maximum absolute atomic E-state index is 12.6. The summed E-state index contributed by atoms with van der Waals surface area (Å²) < 4.78 is 0. The number of pyridine rings is 1. The summed E-state index contributed by atoms with van der Waals surface area (Å²) in [5, 5.41) is 3.04. The number of rotatable bonds is 4. The molecule has 1 N–H and O–H groups in total. The topological polar surface area (TPSA) is 62.3 Å². The highest BCUT2D eigenvalue weighted by Crippen LogP contribution is 2.35. The number of benzene rings is 1. The van der Waals surface area contributed by atoms with Crippen LogP contribution >= 0.6 is 0 Å². The summed E-state index contributed by atoms with van der Waals surface area (Å²) in [5.74, 6) is 0.481. The van der Waals surface area contributed by atoms with Gasteiger partial charge in [0.25, 0.3) is 5.91 Å². The van der Waals surface area contributed by atoms with Gasteiger partial charge in [-0.3, -0.25) is 14.6 Å². The van der Waals surface area contributed by atoms with Gasteiger partial charge >= 0.3 is 0 Å². The molecule has 0 saturated heterocycles. The molecule has 1 unspecified atom stereocenters. The number of nitrogens with one attached hydrogen (secondary N) is 1. The molecule has 1 atom stereocenters. The number of amides is 2. The Hall–Kier alpha value is -2.69. The van der Waals surface area contributed by atoms with Gasteiger partial charge in [-0.1, -0.05) is 24.3 Å². The SMILES string of the molecule is Cc1ncccc1C(=O)NCC1CN(C(=O)C2CC2)Cc2ccccc21. The van der Waals surface area contributed by atoms with Crippen molar-refractivity contribution in [1.29, 1.82) is 0 Å². The van der Waals surface area contributed by atoms with Crippen molar-refractivity contribution in [3.63, 3.8) is 0 Å². The molecule has 5 nitrogen and oxygen atoms in total. The summed E-state index contributed by atoms with van der Waals surface area (Å²) in [6, 6.07) is 11.8. The van der Waals surface area contributed by atoms with Crippen LogP contribution < -0.4 is 5.32 Å². The van der Waals surface area contributed by atoms with Gasteiger partial charge in [0.15, 0.2) is 0 Å². The lowest BCUT2D eigenvalue weighted by atomic mass is 9.89. The van der Waals surface area contributed by atoms with E-state index in [1.165, 1.54) is 11.1 Å². The van der Waals surface area contributed by atoms with Crippen molar-refractivity contribution in [2.75, 3.05) is 13.1 Å². The fourth-order valence-electron chi connectivity index (χ4n) is 3.68. The molecule has 1 saturated carbocycles. The Bertz CT molecular complexity index is 845. The molecule has 26 heavy (non-hydrogen) atoms. The monoisotopic (exact) mass is 349 g/mol. The summed E-state index contributed by atoms with van der Waals surface area (Å²) in [5.41, 5.74) is 3.74. The maximum atomic E-state index is 12.6. The Morgan fingerprint density at radius 3 is 2.77 bits per heavy atom. The van der Waals surface area contributed by atoms with Crippen LogP contribution in [-0.2, 0) is 11.3 Å². The lowest BCUT2D eigenvalue weighted by molar-refractivity contribution is -0.133. The van der Waals surface area contributed by atoms with Crippen LogP contribution in [0.15, 0.2) is 42.6 Å². The highest BCUT2D eigenvalue weighted by Gasteiger charge is 2.36. The Balaban J connectivity index is 1.50. The van der Waals surface area contributed by atoms with E-state index in [-0.39, 0.29) is 23.7 Å². The van der Waals surface area contributed by atoms with Crippen molar-refractivity contribution in [1.82, 2.24) is 15.2 Å². The van der Waals surface area contributed by atoms with E-state index in [0.717, 1.165) is 18.5 Å². The van der Waals surface area contributed by atoms with Crippen LogP contribution in [0.2, 0.25) is 0 Å². The smallest absolute Gasteiger partial charge is 0.253 e. The van der Waals surface area contributed by atoms with Crippen molar-refractivity contribution in [2.24, 2.45) is 5.92 Å². The molecule has 1 aliphatic heterocycles. The zero-order valence-electron chi connectivity index (χ0n) is 14.9. The lowest BCUT2D eigenvalue weighted by Crippen LogP contribution is -2.42. The first-order valence-electron chi connectivity index (χ1n) is 9.20. The molecule has 0 spiro atoms. The second kappa shape index (κ2) is 6.90. The van der Waals surface area contributed by atoms with Gasteiger partial charge in [0.05, 0.1) is 5.56 Å². The third-order valence-corrected chi connectivity index (χ3v) is 5.30. The summed E-state index contributed by atoms with van der Waals surface area (Å²) in [6.45, 7) is 3.69. The van der Waals surface area contributed by atoms with E-state index >= 15 is 0 Å². The average molecular weight is 349 g/mol. The van der Waals surface area contributed by atoms with E-state index in [2.05, 4.69) is 22.4 Å². The second-order valence-electron chi connectivity index (χ2n) is 7.24. The number of aromatic nitrogens is 1. The highest BCUT2D eigenvalue weighted by atomic mass is 16.2. The molecule has 0 radical (unpaired) electrons. The molecule has 2 heterocycles. The fraction of sp³-hybridized carbons (Fsp3) is 0.381. The second-order valence-corrected chi connectivity index (χ2v) is 7.24.